The number of carbonyl (C=O) groups excluding carboxylic acids is 1. The minimum Gasteiger partial charge on any atom is -0.471 e. The maximum Gasteiger partial charge on any atom is 0.272 e. The summed E-state index contributed by atoms with van der Waals surface area (Å²) >= 11 is 1.16. The van der Waals surface area contributed by atoms with E-state index in [0.29, 0.717) is 26.7 Å². The Bertz CT molecular complexity index is 986. The second kappa shape index (κ2) is 8.60. The monoisotopic (exact) mass is 425 g/mol. The molecule has 0 bridgehead atoms. The fourth-order valence-electron chi connectivity index (χ4n) is 2.84. The van der Waals surface area contributed by atoms with E-state index in [0.717, 1.165) is 17.7 Å². The summed E-state index contributed by atoms with van der Waals surface area (Å²) in [5, 5.41) is 0. The third-order valence-electron chi connectivity index (χ3n) is 4.12. The number of fused-ring (bicyclic) bond motifs is 1. The van der Waals surface area contributed by atoms with Gasteiger partial charge in [-0.15, -0.1) is 11.3 Å². The standard InChI is InChI=1S/C18H18F3N5O2S/c1-9(22)10(4-23-2)13-3-11(19)14(29-13)6-26-5-12-16(18(26)27)17(25-8-24-12)28-7-15(20)21/h3-4,8,15H,5-7,22H2,1-2H3. The summed E-state index contributed by atoms with van der Waals surface area (Å²) in [5.74, 6) is -1.17. The fourth-order valence-corrected chi connectivity index (χ4v) is 3.97. The third kappa shape index (κ3) is 4.39. The number of rotatable bonds is 7. The van der Waals surface area contributed by atoms with Crippen LogP contribution >= 0.6 is 11.3 Å². The number of hydrogen-bond donors (Lipinski definition) is 1. The van der Waals surface area contributed by atoms with Crippen LogP contribution in [0.5, 0.6) is 5.88 Å². The first-order valence-corrected chi connectivity index (χ1v) is 9.34. The lowest BCUT2D eigenvalue weighted by Gasteiger charge is -2.14. The molecule has 0 unspecified atom stereocenters. The van der Waals surface area contributed by atoms with Crippen molar-refractivity contribution in [2.24, 2.45) is 10.7 Å². The van der Waals surface area contributed by atoms with E-state index < -0.39 is 24.8 Å². The molecule has 1 aliphatic rings. The number of nitrogens with two attached hydrogens (primary N) is 1. The van der Waals surface area contributed by atoms with Crippen LogP contribution < -0.4 is 10.5 Å². The van der Waals surface area contributed by atoms with Crippen molar-refractivity contribution < 1.29 is 22.7 Å². The number of carbonyl (C=O) groups is 1. The molecule has 0 fully saturated rings. The average Bonchev–Trinajstić information content (AvgIpc) is 3.18. The molecular formula is C18H18F3N5O2S. The normalized spacial score (nSPS) is 14.7. The van der Waals surface area contributed by atoms with Gasteiger partial charge in [0.25, 0.3) is 12.3 Å². The lowest BCUT2D eigenvalue weighted by molar-refractivity contribution is 0.0719. The highest BCUT2D eigenvalue weighted by molar-refractivity contribution is 7.13. The zero-order valence-corrected chi connectivity index (χ0v) is 16.5. The minimum absolute atomic E-state index is 0.0137. The number of allylic oxidation sites excluding steroid dienone is 2. The summed E-state index contributed by atoms with van der Waals surface area (Å²) in [6.07, 6.45) is -0.0127. The molecule has 0 radical (unpaired) electrons. The van der Waals surface area contributed by atoms with Gasteiger partial charge < -0.3 is 15.4 Å². The number of thiophene rings is 1. The molecule has 3 heterocycles. The molecule has 2 aromatic rings. The topological polar surface area (TPSA) is 93.7 Å². The zero-order valence-electron chi connectivity index (χ0n) is 15.7. The van der Waals surface area contributed by atoms with E-state index in [9.17, 15) is 18.0 Å². The molecule has 0 aliphatic carbocycles. The molecule has 11 heteroatoms. The third-order valence-corrected chi connectivity index (χ3v) is 5.25. The fraction of sp³-hybridized carbons (Fsp3) is 0.333. The molecule has 29 heavy (non-hydrogen) atoms. The van der Waals surface area contributed by atoms with Crippen LogP contribution in [0.25, 0.3) is 5.57 Å². The summed E-state index contributed by atoms with van der Waals surface area (Å²) in [4.78, 5) is 26.7. The van der Waals surface area contributed by atoms with Crippen LogP contribution in [0.4, 0.5) is 13.2 Å². The van der Waals surface area contributed by atoms with Crippen LogP contribution in [-0.2, 0) is 13.1 Å². The SMILES string of the molecule is CN=CC(=C(C)N)c1cc(F)c(CN2Cc3ncnc(OCC(F)F)c3C2=O)s1. The highest BCUT2D eigenvalue weighted by Crippen LogP contribution is 2.33. The van der Waals surface area contributed by atoms with E-state index in [1.165, 1.54) is 11.0 Å². The van der Waals surface area contributed by atoms with E-state index in [-0.39, 0.29) is 24.5 Å². The van der Waals surface area contributed by atoms with Gasteiger partial charge in [0.2, 0.25) is 5.88 Å². The van der Waals surface area contributed by atoms with Crippen LogP contribution in [0, 0.1) is 5.82 Å². The first kappa shape index (κ1) is 20.8. The molecule has 0 saturated heterocycles. The van der Waals surface area contributed by atoms with Gasteiger partial charge in [-0.3, -0.25) is 9.79 Å². The largest absolute Gasteiger partial charge is 0.471 e. The maximum atomic E-state index is 14.5. The molecule has 0 atom stereocenters. The molecule has 2 aromatic heterocycles. The Morgan fingerprint density at radius 2 is 2.24 bits per heavy atom. The Kier molecular flexibility index (Phi) is 6.16. The number of alkyl halides is 2. The quantitative estimate of drug-likeness (QED) is 0.689. The number of aliphatic imine (C=N–C) groups is 1. The molecule has 0 saturated carbocycles. The molecule has 7 nitrogen and oxygen atoms in total. The number of aromatic nitrogens is 2. The van der Waals surface area contributed by atoms with E-state index in [1.54, 1.807) is 20.2 Å². The lowest BCUT2D eigenvalue weighted by atomic mass is 10.2. The van der Waals surface area contributed by atoms with Gasteiger partial charge in [0.1, 0.15) is 17.7 Å². The number of nitrogens with zero attached hydrogens (tertiary/aromatic N) is 4. The second-order valence-corrected chi connectivity index (χ2v) is 7.37. The van der Waals surface area contributed by atoms with Gasteiger partial charge in [0.15, 0.2) is 6.61 Å². The first-order valence-electron chi connectivity index (χ1n) is 8.53. The number of amides is 1. The Morgan fingerprint density at radius 1 is 1.48 bits per heavy atom. The molecule has 2 N–H and O–H groups in total. The van der Waals surface area contributed by atoms with Gasteiger partial charge in [0, 0.05) is 29.4 Å². The summed E-state index contributed by atoms with van der Waals surface area (Å²) in [6, 6.07) is 1.35. The summed E-state index contributed by atoms with van der Waals surface area (Å²) in [5.41, 5.74) is 7.32. The van der Waals surface area contributed by atoms with Crippen molar-refractivity contribution in [3.8, 4) is 5.88 Å². The van der Waals surface area contributed by atoms with Gasteiger partial charge >= 0.3 is 0 Å². The van der Waals surface area contributed by atoms with Crippen LogP contribution in [0.15, 0.2) is 23.1 Å². The van der Waals surface area contributed by atoms with E-state index >= 15 is 0 Å². The summed E-state index contributed by atoms with van der Waals surface area (Å²) < 4.78 is 44.3. The maximum absolute atomic E-state index is 14.5. The van der Waals surface area contributed by atoms with Crippen LogP contribution in [0.1, 0.15) is 32.7 Å². The summed E-state index contributed by atoms with van der Waals surface area (Å²) in [7, 11) is 1.59. The molecule has 0 spiro atoms. The van der Waals surface area contributed by atoms with Gasteiger partial charge in [0.05, 0.1) is 23.7 Å². The van der Waals surface area contributed by atoms with Gasteiger partial charge in [-0.1, -0.05) is 0 Å². The van der Waals surface area contributed by atoms with E-state index in [2.05, 4.69) is 15.0 Å². The molecule has 1 amide bonds. The highest BCUT2D eigenvalue weighted by atomic mass is 32.1. The van der Waals surface area contributed by atoms with Crippen molar-refractivity contribution in [2.75, 3.05) is 13.7 Å². The van der Waals surface area contributed by atoms with Crippen molar-refractivity contribution in [1.29, 1.82) is 0 Å². The van der Waals surface area contributed by atoms with Gasteiger partial charge in [-0.05, 0) is 13.0 Å². The van der Waals surface area contributed by atoms with Crippen LogP contribution in [0.3, 0.4) is 0 Å². The van der Waals surface area contributed by atoms with Crippen molar-refractivity contribution in [2.45, 2.75) is 26.4 Å². The van der Waals surface area contributed by atoms with Crippen molar-refractivity contribution in [3.63, 3.8) is 0 Å². The van der Waals surface area contributed by atoms with Crippen LogP contribution in [-0.4, -0.2) is 47.1 Å². The zero-order chi connectivity index (χ0) is 21.1. The molecular weight excluding hydrogens is 407 g/mol. The predicted molar refractivity (Wildman–Crippen MR) is 103 cm³/mol. The van der Waals surface area contributed by atoms with E-state index in [4.69, 9.17) is 10.5 Å². The number of halogens is 3. The predicted octanol–water partition coefficient (Wildman–Crippen LogP) is 2.87. The van der Waals surface area contributed by atoms with Crippen LogP contribution in [0.2, 0.25) is 0 Å². The number of hydrogen-bond acceptors (Lipinski definition) is 7. The van der Waals surface area contributed by atoms with Crippen molar-refractivity contribution >= 4 is 29.0 Å². The Morgan fingerprint density at radius 3 is 2.90 bits per heavy atom. The lowest BCUT2D eigenvalue weighted by Crippen LogP contribution is -2.23. The second-order valence-electron chi connectivity index (χ2n) is 6.23. The Balaban J connectivity index is 1.83. The Hall–Kier alpha value is -2.95. The van der Waals surface area contributed by atoms with Crippen molar-refractivity contribution in [3.05, 3.63) is 44.9 Å². The molecule has 154 valence electrons. The summed E-state index contributed by atoms with van der Waals surface area (Å²) in [6.45, 7) is 0.893. The Labute approximate surface area is 168 Å². The molecule has 3 rings (SSSR count). The number of ether oxygens (including phenoxy) is 1. The van der Waals surface area contributed by atoms with Gasteiger partial charge in [-0.25, -0.2) is 23.1 Å². The molecule has 0 aromatic carbocycles. The minimum atomic E-state index is -2.70. The van der Waals surface area contributed by atoms with E-state index in [1.807, 2.05) is 0 Å². The smallest absolute Gasteiger partial charge is 0.272 e. The molecule has 1 aliphatic heterocycles. The highest BCUT2D eigenvalue weighted by Gasteiger charge is 2.34. The van der Waals surface area contributed by atoms with Gasteiger partial charge in [-0.2, -0.15) is 0 Å². The average molecular weight is 425 g/mol. The first-order chi connectivity index (χ1) is 13.8. The van der Waals surface area contributed by atoms with Crippen molar-refractivity contribution in [1.82, 2.24) is 14.9 Å².